The first-order valence-corrected chi connectivity index (χ1v) is 10.0. The summed E-state index contributed by atoms with van der Waals surface area (Å²) >= 11 is 7.34. The minimum absolute atomic E-state index is 0.00489. The van der Waals surface area contributed by atoms with Gasteiger partial charge in [-0.05, 0) is 37.6 Å². The maximum absolute atomic E-state index is 12.1. The molecule has 1 aromatic heterocycles. The second kappa shape index (κ2) is 10.5. The van der Waals surface area contributed by atoms with Gasteiger partial charge in [0, 0.05) is 23.7 Å². The van der Waals surface area contributed by atoms with Crippen LogP contribution in [-0.2, 0) is 16.1 Å². The van der Waals surface area contributed by atoms with Gasteiger partial charge < -0.3 is 10.1 Å². The van der Waals surface area contributed by atoms with Gasteiger partial charge in [0.25, 0.3) is 0 Å². The Morgan fingerprint density at radius 2 is 2.08 bits per heavy atom. The molecule has 26 heavy (non-hydrogen) atoms. The monoisotopic (exact) mass is 396 g/mol. The van der Waals surface area contributed by atoms with Crippen LogP contribution in [0.3, 0.4) is 0 Å². The van der Waals surface area contributed by atoms with Crippen LogP contribution in [0.25, 0.3) is 11.4 Å². The zero-order chi connectivity index (χ0) is 18.9. The number of rotatable bonds is 10. The number of thioether (sulfide) groups is 1. The van der Waals surface area contributed by atoms with Crippen molar-refractivity contribution in [2.24, 2.45) is 0 Å². The fourth-order valence-corrected chi connectivity index (χ4v) is 3.45. The third kappa shape index (κ3) is 6.00. The highest BCUT2D eigenvalue weighted by Gasteiger charge is 2.16. The van der Waals surface area contributed by atoms with Crippen LogP contribution < -0.4 is 5.32 Å². The lowest BCUT2D eigenvalue weighted by Gasteiger charge is -2.13. The fraction of sp³-hybridized carbons (Fsp3) is 0.500. The molecular formula is C18H25ClN4O2S. The van der Waals surface area contributed by atoms with Gasteiger partial charge >= 0.3 is 0 Å². The molecule has 142 valence electrons. The summed E-state index contributed by atoms with van der Waals surface area (Å²) in [6.07, 6.45) is 2.02. The van der Waals surface area contributed by atoms with Crippen LogP contribution >= 0.6 is 23.4 Å². The zero-order valence-corrected chi connectivity index (χ0v) is 16.9. The molecule has 0 bridgehead atoms. The summed E-state index contributed by atoms with van der Waals surface area (Å²) in [5.74, 6) is 1.05. The van der Waals surface area contributed by atoms with Crippen LogP contribution in [0.2, 0.25) is 5.02 Å². The number of carbonyl (C=O) groups is 1. The Balaban J connectivity index is 2.10. The van der Waals surface area contributed by atoms with E-state index in [2.05, 4.69) is 22.4 Å². The largest absolute Gasteiger partial charge is 0.383 e. The van der Waals surface area contributed by atoms with Crippen molar-refractivity contribution in [3.63, 3.8) is 0 Å². The number of aromatic nitrogens is 3. The van der Waals surface area contributed by atoms with E-state index in [1.165, 1.54) is 11.8 Å². The van der Waals surface area contributed by atoms with Gasteiger partial charge in [0.1, 0.15) is 0 Å². The first kappa shape index (κ1) is 20.7. The first-order valence-electron chi connectivity index (χ1n) is 8.65. The highest BCUT2D eigenvalue weighted by molar-refractivity contribution is 7.99. The van der Waals surface area contributed by atoms with Crippen LogP contribution in [0.15, 0.2) is 29.4 Å². The van der Waals surface area contributed by atoms with Crippen LogP contribution in [0.1, 0.15) is 26.7 Å². The molecule has 1 aromatic carbocycles. The Hall–Kier alpha value is -1.57. The Bertz CT molecular complexity index is 706. The Morgan fingerprint density at radius 1 is 1.35 bits per heavy atom. The SMILES string of the molecule is CCC[C@H](C)NC(=O)CSc1nnc(-c2ccc(Cl)cc2)n1CCOC. The number of hydrogen-bond donors (Lipinski definition) is 1. The van der Waals surface area contributed by atoms with Crippen molar-refractivity contribution in [2.45, 2.75) is 44.4 Å². The number of amides is 1. The van der Waals surface area contributed by atoms with Crippen LogP contribution in [0, 0.1) is 0 Å². The molecule has 1 heterocycles. The minimum Gasteiger partial charge on any atom is -0.383 e. The lowest BCUT2D eigenvalue weighted by molar-refractivity contribution is -0.119. The Kier molecular flexibility index (Phi) is 8.41. The van der Waals surface area contributed by atoms with Gasteiger partial charge in [-0.2, -0.15) is 0 Å². The van der Waals surface area contributed by atoms with Crippen molar-refractivity contribution in [2.75, 3.05) is 19.5 Å². The molecule has 1 amide bonds. The number of carbonyl (C=O) groups excluding carboxylic acids is 1. The zero-order valence-electron chi connectivity index (χ0n) is 15.4. The van der Waals surface area contributed by atoms with Gasteiger partial charge in [0.05, 0.1) is 18.9 Å². The number of hydrogen-bond acceptors (Lipinski definition) is 5. The summed E-state index contributed by atoms with van der Waals surface area (Å²) in [6.45, 7) is 5.27. The molecule has 0 fully saturated rings. The molecule has 0 spiro atoms. The predicted molar refractivity (Wildman–Crippen MR) is 106 cm³/mol. The van der Waals surface area contributed by atoms with Gasteiger partial charge in [0.15, 0.2) is 11.0 Å². The third-order valence-corrected chi connectivity index (χ3v) is 5.02. The molecule has 2 rings (SSSR count). The van der Waals surface area contributed by atoms with Gasteiger partial charge in [-0.15, -0.1) is 10.2 Å². The molecule has 0 radical (unpaired) electrons. The highest BCUT2D eigenvalue weighted by Crippen LogP contribution is 2.25. The van der Waals surface area contributed by atoms with Crippen molar-refractivity contribution in [1.29, 1.82) is 0 Å². The Labute approximate surface area is 163 Å². The van der Waals surface area contributed by atoms with Gasteiger partial charge in [-0.25, -0.2) is 0 Å². The van der Waals surface area contributed by atoms with Crippen LogP contribution in [0.4, 0.5) is 0 Å². The minimum atomic E-state index is 0.00489. The second-order valence-electron chi connectivity index (χ2n) is 6.00. The predicted octanol–water partition coefficient (Wildman–Crippen LogP) is 3.64. The first-order chi connectivity index (χ1) is 12.5. The summed E-state index contributed by atoms with van der Waals surface area (Å²) < 4.78 is 7.17. The van der Waals surface area contributed by atoms with Gasteiger partial charge in [-0.3, -0.25) is 9.36 Å². The molecule has 0 aliphatic carbocycles. The van der Waals surface area contributed by atoms with Crippen molar-refractivity contribution in [3.05, 3.63) is 29.3 Å². The van der Waals surface area contributed by atoms with E-state index in [0.29, 0.717) is 29.1 Å². The number of methoxy groups -OCH3 is 1. The van der Waals surface area contributed by atoms with Crippen molar-refractivity contribution < 1.29 is 9.53 Å². The van der Waals surface area contributed by atoms with E-state index < -0.39 is 0 Å². The van der Waals surface area contributed by atoms with Crippen molar-refractivity contribution in [3.8, 4) is 11.4 Å². The standard InChI is InChI=1S/C18H25ClN4O2S/c1-4-5-13(2)20-16(24)12-26-18-22-21-17(23(18)10-11-25-3)14-6-8-15(19)9-7-14/h6-9,13H,4-5,10-12H2,1-3H3,(H,20,24)/t13-/m0/s1. The molecule has 1 atom stereocenters. The van der Waals surface area contributed by atoms with Crippen molar-refractivity contribution in [1.82, 2.24) is 20.1 Å². The van der Waals surface area contributed by atoms with E-state index in [0.717, 1.165) is 24.2 Å². The quantitative estimate of drug-likeness (QED) is 0.621. The maximum atomic E-state index is 12.1. The number of nitrogens with one attached hydrogen (secondary N) is 1. The topological polar surface area (TPSA) is 69.0 Å². The molecule has 2 aromatic rings. The van der Waals surface area contributed by atoms with E-state index in [4.69, 9.17) is 16.3 Å². The van der Waals surface area contributed by atoms with Crippen LogP contribution in [-0.4, -0.2) is 46.2 Å². The molecule has 6 nitrogen and oxygen atoms in total. The molecule has 0 saturated heterocycles. The number of nitrogens with zero attached hydrogens (tertiary/aromatic N) is 3. The van der Waals surface area contributed by atoms with Crippen LogP contribution in [0.5, 0.6) is 0 Å². The van der Waals surface area contributed by atoms with E-state index in [9.17, 15) is 4.79 Å². The summed E-state index contributed by atoms with van der Waals surface area (Å²) in [4.78, 5) is 12.1. The number of ether oxygens (including phenoxy) is 1. The maximum Gasteiger partial charge on any atom is 0.230 e. The average Bonchev–Trinajstić information content (AvgIpc) is 3.01. The summed E-state index contributed by atoms with van der Waals surface area (Å²) in [7, 11) is 1.65. The molecule has 0 aliphatic heterocycles. The molecule has 1 N–H and O–H groups in total. The molecule has 0 aliphatic rings. The molecular weight excluding hydrogens is 372 g/mol. The van der Waals surface area contributed by atoms with Gasteiger partial charge in [0.2, 0.25) is 5.91 Å². The third-order valence-electron chi connectivity index (χ3n) is 3.80. The van der Waals surface area contributed by atoms with E-state index in [-0.39, 0.29) is 11.9 Å². The normalized spacial score (nSPS) is 12.2. The van der Waals surface area contributed by atoms with E-state index in [1.807, 2.05) is 35.8 Å². The Morgan fingerprint density at radius 3 is 2.73 bits per heavy atom. The smallest absolute Gasteiger partial charge is 0.230 e. The molecule has 0 saturated carbocycles. The summed E-state index contributed by atoms with van der Waals surface area (Å²) in [5, 5.41) is 12.9. The number of benzene rings is 1. The second-order valence-corrected chi connectivity index (χ2v) is 7.38. The number of halogens is 1. The summed E-state index contributed by atoms with van der Waals surface area (Å²) in [5.41, 5.74) is 0.922. The average molecular weight is 397 g/mol. The molecule has 8 heteroatoms. The van der Waals surface area contributed by atoms with Gasteiger partial charge in [-0.1, -0.05) is 36.7 Å². The van der Waals surface area contributed by atoms with E-state index >= 15 is 0 Å². The lowest BCUT2D eigenvalue weighted by Crippen LogP contribution is -2.33. The van der Waals surface area contributed by atoms with Crippen molar-refractivity contribution >= 4 is 29.3 Å². The van der Waals surface area contributed by atoms with E-state index in [1.54, 1.807) is 7.11 Å². The lowest BCUT2D eigenvalue weighted by atomic mass is 10.2. The summed E-state index contributed by atoms with van der Waals surface area (Å²) in [6, 6.07) is 7.64. The highest BCUT2D eigenvalue weighted by atomic mass is 35.5. The fourth-order valence-electron chi connectivity index (χ4n) is 2.54. The molecule has 0 unspecified atom stereocenters.